The Bertz CT molecular complexity index is 1570. The van der Waals surface area contributed by atoms with E-state index in [2.05, 4.69) is 54.1 Å². The van der Waals surface area contributed by atoms with Crippen LogP contribution in [-0.4, -0.2) is 39.7 Å². The number of amidine groups is 1. The second-order valence-electron chi connectivity index (χ2n) is 9.04. The lowest BCUT2D eigenvalue weighted by atomic mass is 10.1. The summed E-state index contributed by atoms with van der Waals surface area (Å²) in [6.07, 6.45) is 4.07. The number of rotatable bonds is 7. The minimum Gasteiger partial charge on any atom is -0.462 e. The topological polar surface area (TPSA) is 63.9 Å². The van der Waals surface area contributed by atoms with Gasteiger partial charge < -0.3 is 9.30 Å². The summed E-state index contributed by atoms with van der Waals surface area (Å²) in [5, 5.41) is 1.68. The first-order valence-electron chi connectivity index (χ1n) is 12.7. The Morgan fingerprint density at radius 3 is 2.58 bits per heavy atom. The van der Waals surface area contributed by atoms with Crippen LogP contribution in [-0.2, 0) is 16.1 Å². The molecule has 0 spiro atoms. The van der Waals surface area contributed by atoms with E-state index in [-0.39, 0.29) is 11.9 Å². The summed E-state index contributed by atoms with van der Waals surface area (Å²) >= 11 is 1.35. The Balaban J connectivity index is 1.47. The maximum Gasteiger partial charge on any atom is 0.338 e. The molecule has 7 heteroatoms. The van der Waals surface area contributed by atoms with Gasteiger partial charge in [0.1, 0.15) is 0 Å². The van der Waals surface area contributed by atoms with Crippen LogP contribution in [0.3, 0.4) is 0 Å². The van der Waals surface area contributed by atoms with Gasteiger partial charge in [-0.15, -0.1) is 0 Å². The molecule has 1 saturated heterocycles. The number of carbonyl (C=O) groups is 2. The number of aliphatic imine (C=N–C) groups is 1. The zero-order valence-electron chi connectivity index (χ0n) is 21.7. The molecule has 1 amide bonds. The van der Waals surface area contributed by atoms with E-state index in [1.165, 1.54) is 22.9 Å². The minimum atomic E-state index is -0.389. The van der Waals surface area contributed by atoms with Crippen molar-refractivity contribution in [2.45, 2.75) is 27.3 Å². The summed E-state index contributed by atoms with van der Waals surface area (Å²) in [4.78, 5) is 32.5. The molecule has 0 N–H and O–H groups in total. The molecule has 38 heavy (non-hydrogen) atoms. The molecule has 0 saturated carbocycles. The first kappa shape index (κ1) is 25.5. The van der Waals surface area contributed by atoms with Gasteiger partial charge in [-0.25, -0.2) is 9.79 Å². The van der Waals surface area contributed by atoms with Crippen LogP contribution in [0, 0.1) is 6.92 Å². The highest BCUT2D eigenvalue weighted by molar-refractivity contribution is 8.18. The Kier molecular flexibility index (Phi) is 7.47. The molecular formula is C31H29N3O3S. The number of esters is 1. The van der Waals surface area contributed by atoms with Gasteiger partial charge in [0.2, 0.25) is 0 Å². The first-order chi connectivity index (χ1) is 18.5. The lowest BCUT2D eigenvalue weighted by Gasteiger charge is -2.12. The van der Waals surface area contributed by atoms with Crippen molar-refractivity contribution in [1.29, 1.82) is 0 Å². The molecule has 192 valence electrons. The van der Waals surface area contributed by atoms with Gasteiger partial charge in [-0.2, -0.15) is 0 Å². The minimum absolute atomic E-state index is 0.0758. The number of aromatic nitrogens is 1. The largest absolute Gasteiger partial charge is 0.462 e. The number of amides is 1. The molecule has 2 heterocycles. The number of nitrogens with zero attached hydrogens (tertiary/aromatic N) is 3. The van der Waals surface area contributed by atoms with E-state index in [0.717, 1.165) is 23.0 Å². The van der Waals surface area contributed by atoms with Crippen molar-refractivity contribution in [3.63, 3.8) is 0 Å². The summed E-state index contributed by atoms with van der Waals surface area (Å²) in [7, 11) is 0. The summed E-state index contributed by atoms with van der Waals surface area (Å²) in [5.74, 6) is -0.465. The molecule has 1 aliphatic heterocycles. The lowest BCUT2D eigenvalue weighted by Crippen LogP contribution is -2.28. The van der Waals surface area contributed by atoms with E-state index >= 15 is 0 Å². The van der Waals surface area contributed by atoms with Gasteiger partial charge in [-0.3, -0.25) is 9.69 Å². The molecule has 4 aromatic rings. The van der Waals surface area contributed by atoms with Gasteiger partial charge in [0.15, 0.2) is 5.17 Å². The highest BCUT2D eigenvalue weighted by Crippen LogP contribution is 2.35. The van der Waals surface area contributed by atoms with Crippen LogP contribution in [0.1, 0.15) is 40.9 Å². The molecule has 3 aromatic carbocycles. The third kappa shape index (κ3) is 5.29. The van der Waals surface area contributed by atoms with E-state index in [9.17, 15) is 9.59 Å². The van der Waals surface area contributed by atoms with E-state index < -0.39 is 0 Å². The Morgan fingerprint density at radius 1 is 1.03 bits per heavy atom. The zero-order valence-corrected chi connectivity index (χ0v) is 22.5. The standard InChI is InChI=1S/C31H29N3O3S/c1-4-34-29(35)28(38-31(34)32-25-10-8-9-23(17-25)30(36)37-5-2)18-24-20-33(27-12-7-6-11-26(24)27)19-22-15-13-21(3)14-16-22/h6-18,20H,4-5,19H2,1-3H3. The molecular weight excluding hydrogens is 494 g/mol. The van der Waals surface area contributed by atoms with Crippen molar-refractivity contribution < 1.29 is 14.3 Å². The number of hydrogen-bond acceptors (Lipinski definition) is 5. The number of aryl methyl sites for hydroxylation is 1. The van der Waals surface area contributed by atoms with Crippen molar-refractivity contribution >= 4 is 51.5 Å². The van der Waals surface area contributed by atoms with Crippen molar-refractivity contribution in [3.05, 3.63) is 106 Å². The van der Waals surface area contributed by atoms with Crippen molar-refractivity contribution in [3.8, 4) is 0 Å². The van der Waals surface area contributed by atoms with E-state index in [1.807, 2.05) is 31.2 Å². The van der Waals surface area contributed by atoms with Gasteiger partial charge in [0.25, 0.3) is 5.91 Å². The number of carbonyl (C=O) groups excluding carboxylic acids is 2. The monoisotopic (exact) mass is 523 g/mol. The average Bonchev–Trinajstić information content (AvgIpc) is 3.42. The van der Waals surface area contributed by atoms with Crippen LogP contribution >= 0.6 is 11.8 Å². The third-order valence-corrected chi connectivity index (χ3v) is 7.37. The summed E-state index contributed by atoms with van der Waals surface area (Å²) < 4.78 is 7.33. The predicted molar refractivity (Wildman–Crippen MR) is 155 cm³/mol. The predicted octanol–water partition coefficient (Wildman–Crippen LogP) is 6.80. The normalized spacial score (nSPS) is 15.7. The Hall–Kier alpha value is -4.10. The molecule has 0 unspecified atom stereocenters. The number of likely N-dealkylation sites (N-methyl/N-ethyl adjacent to an activating group) is 1. The van der Waals surface area contributed by atoms with Gasteiger partial charge in [-0.1, -0.05) is 54.1 Å². The van der Waals surface area contributed by atoms with Crippen molar-refractivity contribution in [1.82, 2.24) is 9.47 Å². The number of thioether (sulfide) groups is 1. The molecule has 0 atom stereocenters. The van der Waals surface area contributed by atoms with Crippen LogP contribution in [0.15, 0.2) is 88.9 Å². The first-order valence-corrected chi connectivity index (χ1v) is 13.5. The molecule has 1 aromatic heterocycles. The smallest absolute Gasteiger partial charge is 0.338 e. The molecule has 6 nitrogen and oxygen atoms in total. The molecule has 0 radical (unpaired) electrons. The number of ether oxygens (including phenoxy) is 1. The summed E-state index contributed by atoms with van der Waals surface area (Å²) in [6, 6.07) is 23.8. The third-order valence-electron chi connectivity index (χ3n) is 6.37. The Morgan fingerprint density at radius 2 is 1.82 bits per heavy atom. The second kappa shape index (κ2) is 11.1. The van der Waals surface area contributed by atoms with Gasteiger partial charge in [0.05, 0.1) is 22.8 Å². The fraction of sp³-hybridized carbons (Fsp3) is 0.194. The van der Waals surface area contributed by atoms with Crippen LogP contribution in [0.4, 0.5) is 5.69 Å². The number of benzene rings is 3. The van der Waals surface area contributed by atoms with Gasteiger partial charge in [-0.05, 0) is 68.4 Å². The fourth-order valence-corrected chi connectivity index (χ4v) is 5.50. The van der Waals surface area contributed by atoms with Crippen LogP contribution in [0.25, 0.3) is 17.0 Å². The molecule has 0 bridgehead atoms. The maximum atomic E-state index is 13.3. The van der Waals surface area contributed by atoms with Gasteiger partial charge >= 0.3 is 5.97 Å². The van der Waals surface area contributed by atoms with Crippen molar-refractivity contribution in [2.24, 2.45) is 4.99 Å². The molecule has 5 rings (SSSR count). The summed E-state index contributed by atoms with van der Waals surface area (Å²) in [5.41, 5.74) is 5.60. The average molecular weight is 524 g/mol. The number of fused-ring (bicyclic) bond motifs is 1. The highest BCUT2D eigenvalue weighted by atomic mass is 32.2. The molecule has 0 aliphatic carbocycles. The van der Waals surface area contributed by atoms with Crippen LogP contribution in [0.2, 0.25) is 0 Å². The SMILES string of the molecule is CCOC(=O)c1cccc(N=C2SC(=Cc3cn(Cc4ccc(C)cc4)c4ccccc34)C(=O)N2CC)c1. The van der Waals surface area contributed by atoms with Crippen LogP contribution < -0.4 is 0 Å². The van der Waals surface area contributed by atoms with Gasteiger partial charge in [0, 0.05) is 35.8 Å². The number of hydrogen-bond donors (Lipinski definition) is 0. The maximum absolute atomic E-state index is 13.3. The van der Waals surface area contributed by atoms with E-state index in [1.54, 1.807) is 30.0 Å². The zero-order chi connectivity index (χ0) is 26.6. The molecule has 1 fully saturated rings. The number of para-hydroxylation sites is 1. The van der Waals surface area contributed by atoms with Crippen LogP contribution in [0.5, 0.6) is 0 Å². The second-order valence-corrected chi connectivity index (χ2v) is 10.0. The fourth-order valence-electron chi connectivity index (χ4n) is 4.45. The highest BCUT2D eigenvalue weighted by Gasteiger charge is 2.32. The molecule has 1 aliphatic rings. The van der Waals surface area contributed by atoms with E-state index in [0.29, 0.717) is 34.5 Å². The van der Waals surface area contributed by atoms with E-state index in [4.69, 9.17) is 9.73 Å². The quantitative estimate of drug-likeness (QED) is 0.197. The Labute approximate surface area is 226 Å². The summed E-state index contributed by atoms with van der Waals surface area (Å²) in [6.45, 7) is 7.34. The lowest BCUT2D eigenvalue weighted by molar-refractivity contribution is -0.122. The van der Waals surface area contributed by atoms with Crippen molar-refractivity contribution in [2.75, 3.05) is 13.2 Å².